The lowest BCUT2D eigenvalue weighted by atomic mass is 10.2. The molecule has 3 rings (SSSR count). The predicted molar refractivity (Wildman–Crippen MR) is 97.5 cm³/mol. The summed E-state index contributed by atoms with van der Waals surface area (Å²) in [7, 11) is 0. The Morgan fingerprint density at radius 1 is 1.42 bits per heavy atom. The van der Waals surface area contributed by atoms with E-state index in [0.717, 1.165) is 31.7 Å². The maximum atomic E-state index is 12.1. The Bertz CT molecular complexity index is 790. The molecule has 0 fully saturated rings. The van der Waals surface area contributed by atoms with E-state index in [-0.39, 0.29) is 11.7 Å². The molecule has 0 aliphatic carbocycles. The second-order valence-corrected chi connectivity index (χ2v) is 6.86. The third-order valence-corrected chi connectivity index (χ3v) is 5.02. The van der Waals surface area contributed by atoms with Crippen molar-refractivity contribution in [3.63, 3.8) is 0 Å². The summed E-state index contributed by atoms with van der Waals surface area (Å²) in [5, 5.41) is 3.38. The quantitative estimate of drug-likeness (QED) is 0.777. The van der Waals surface area contributed by atoms with E-state index < -0.39 is 6.61 Å². The lowest BCUT2D eigenvalue weighted by Crippen LogP contribution is -2.29. The number of halogens is 2. The predicted octanol–water partition coefficient (Wildman–Crippen LogP) is 3.77. The number of thiazole rings is 1. The summed E-state index contributed by atoms with van der Waals surface area (Å²) in [6.07, 6.45) is 3.90. The van der Waals surface area contributed by atoms with Crippen molar-refractivity contribution < 1.29 is 18.3 Å². The molecule has 2 heterocycles. The maximum Gasteiger partial charge on any atom is 0.387 e. The molecule has 1 aliphatic rings. The first-order valence-corrected chi connectivity index (χ1v) is 9.10. The van der Waals surface area contributed by atoms with Gasteiger partial charge in [-0.15, -0.1) is 11.3 Å². The van der Waals surface area contributed by atoms with E-state index in [2.05, 4.69) is 26.9 Å². The van der Waals surface area contributed by atoms with Crippen LogP contribution in [-0.4, -0.2) is 35.5 Å². The zero-order valence-electron chi connectivity index (χ0n) is 14.2. The molecule has 0 bridgehead atoms. The number of nitrogens with zero attached hydrogens (tertiary/aromatic N) is 2. The van der Waals surface area contributed by atoms with E-state index in [1.807, 2.05) is 0 Å². The smallest absolute Gasteiger partial charge is 0.387 e. The molecule has 1 amide bonds. The Balaban J connectivity index is 1.57. The summed E-state index contributed by atoms with van der Waals surface area (Å²) in [5.74, 6) is -0.201. The molecular formula is C18H19F2N3O2S. The zero-order valence-corrected chi connectivity index (χ0v) is 15.1. The van der Waals surface area contributed by atoms with E-state index >= 15 is 0 Å². The largest absolute Gasteiger partial charge is 0.435 e. The number of carbonyl (C=O) groups is 1. The summed E-state index contributed by atoms with van der Waals surface area (Å²) in [4.78, 5) is 20.1. The summed E-state index contributed by atoms with van der Waals surface area (Å²) >= 11 is 1.51. The highest BCUT2D eigenvalue weighted by molar-refractivity contribution is 7.15. The highest BCUT2D eigenvalue weighted by Gasteiger charge is 2.19. The van der Waals surface area contributed by atoms with Crippen molar-refractivity contribution in [3.05, 3.63) is 46.5 Å². The lowest BCUT2D eigenvalue weighted by Gasteiger charge is -2.23. The van der Waals surface area contributed by atoms with Crippen molar-refractivity contribution in [2.24, 2.45) is 0 Å². The number of fused-ring (bicyclic) bond motifs is 1. The molecule has 1 aliphatic heterocycles. The Hall–Kier alpha value is -2.32. The van der Waals surface area contributed by atoms with Crippen LogP contribution in [0, 0.1) is 0 Å². The van der Waals surface area contributed by atoms with Crippen molar-refractivity contribution in [2.45, 2.75) is 26.5 Å². The van der Waals surface area contributed by atoms with Crippen molar-refractivity contribution >= 4 is 28.5 Å². The molecule has 0 atom stereocenters. The van der Waals surface area contributed by atoms with E-state index in [1.165, 1.54) is 34.4 Å². The lowest BCUT2D eigenvalue weighted by molar-refractivity contribution is -0.111. The first-order chi connectivity index (χ1) is 12.5. The van der Waals surface area contributed by atoms with Gasteiger partial charge in [-0.1, -0.05) is 19.1 Å². The third-order valence-electron chi connectivity index (χ3n) is 4.02. The highest BCUT2D eigenvalue weighted by atomic mass is 32.1. The standard InChI is InChI=1S/C18H19F2N3O2S/c1-2-23-10-9-14-15(11-23)26-18(21-14)22-16(24)8-5-12-3-6-13(7-4-12)25-17(19)20/h3-8,17H,2,9-11H2,1H3,(H,21,22,24)/b8-5+. The number of alkyl halides is 2. The maximum absolute atomic E-state index is 12.1. The minimum absolute atomic E-state index is 0.0797. The Morgan fingerprint density at radius 2 is 2.19 bits per heavy atom. The van der Waals surface area contributed by atoms with Crippen LogP contribution in [0.25, 0.3) is 6.08 Å². The van der Waals surface area contributed by atoms with Gasteiger partial charge < -0.3 is 4.74 Å². The average molecular weight is 379 g/mol. The second kappa shape index (κ2) is 8.37. The third kappa shape index (κ3) is 4.86. The monoisotopic (exact) mass is 379 g/mol. The molecule has 1 N–H and O–H groups in total. The Kier molecular flexibility index (Phi) is 5.95. The molecule has 0 saturated heterocycles. The number of hydrogen-bond acceptors (Lipinski definition) is 5. The van der Waals surface area contributed by atoms with Gasteiger partial charge in [0.15, 0.2) is 5.13 Å². The molecule has 1 aromatic carbocycles. The van der Waals surface area contributed by atoms with Crippen LogP contribution in [0.15, 0.2) is 30.3 Å². The fourth-order valence-electron chi connectivity index (χ4n) is 2.65. The highest BCUT2D eigenvalue weighted by Crippen LogP contribution is 2.28. The van der Waals surface area contributed by atoms with Crippen LogP contribution in [0.1, 0.15) is 23.1 Å². The average Bonchev–Trinajstić information content (AvgIpc) is 3.01. The van der Waals surface area contributed by atoms with Crippen LogP contribution in [0.3, 0.4) is 0 Å². The van der Waals surface area contributed by atoms with Crippen molar-refractivity contribution in [1.29, 1.82) is 0 Å². The minimum Gasteiger partial charge on any atom is -0.435 e. The Labute approximate surface area is 154 Å². The van der Waals surface area contributed by atoms with Gasteiger partial charge in [-0.25, -0.2) is 4.98 Å². The van der Waals surface area contributed by atoms with E-state index in [9.17, 15) is 13.6 Å². The number of aromatic nitrogens is 1. The first-order valence-electron chi connectivity index (χ1n) is 8.28. The van der Waals surface area contributed by atoms with Gasteiger partial charge in [-0.05, 0) is 30.3 Å². The molecule has 0 saturated carbocycles. The first kappa shape index (κ1) is 18.5. The summed E-state index contributed by atoms with van der Waals surface area (Å²) in [6, 6.07) is 6.06. The number of rotatable bonds is 6. The Morgan fingerprint density at radius 3 is 2.88 bits per heavy atom. The van der Waals surface area contributed by atoms with Crippen LogP contribution >= 0.6 is 11.3 Å². The fraction of sp³-hybridized carbons (Fsp3) is 0.333. The van der Waals surface area contributed by atoms with Crippen LogP contribution in [0.4, 0.5) is 13.9 Å². The SMILES string of the molecule is CCN1CCc2nc(NC(=O)/C=C/c3ccc(OC(F)F)cc3)sc2C1. The van der Waals surface area contributed by atoms with Gasteiger partial charge in [0.25, 0.3) is 0 Å². The minimum atomic E-state index is -2.85. The van der Waals surface area contributed by atoms with Gasteiger partial charge >= 0.3 is 6.61 Å². The number of likely N-dealkylation sites (N-methyl/N-ethyl adjacent to an activating group) is 1. The van der Waals surface area contributed by atoms with Crippen molar-refractivity contribution in [3.8, 4) is 5.75 Å². The molecule has 1 aromatic heterocycles. The molecule has 8 heteroatoms. The van der Waals surface area contributed by atoms with Crippen LogP contribution in [0.5, 0.6) is 5.75 Å². The number of ether oxygens (including phenoxy) is 1. The number of carbonyl (C=O) groups excluding carboxylic acids is 1. The van der Waals surface area contributed by atoms with Gasteiger partial charge in [-0.3, -0.25) is 15.0 Å². The number of amides is 1. The summed E-state index contributed by atoms with van der Waals surface area (Å²) in [5.41, 5.74) is 1.77. The van der Waals surface area contributed by atoms with Crippen LogP contribution in [0.2, 0.25) is 0 Å². The molecule has 2 aromatic rings. The summed E-state index contributed by atoms with van der Waals surface area (Å²) < 4.78 is 28.5. The number of hydrogen-bond donors (Lipinski definition) is 1. The van der Waals surface area contributed by atoms with Crippen molar-refractivity contribution in [1.82, 2.24) is 9.88 Å². The molecule has 5 nitrogen and oxygen atoms in total. The van der Waals surface area contributed by atoms with Crippen LogP contribution < -0.4 is 10.1 Å². The molecule has 0 unspecified atom stereocenters. The normalized spacial score (nSPS) is 14.6. The molecule has 0 radical (unpaired) electrons. The number of anilines is 1. The molecule has 26 heavy (non-hydrogen) atoms. The van der Waals surface area contributed by atoms with Crippen LogP contribution in [-0.2, 0) is 17.8 Å². The van der Waals surface area contributed by atoms with Gasteiger partial charge in [0.2, 0.25) is 5.91 Å². The molecule has 0 spiro atoms. The van der Waals surface area contributed by atoms with E-state index in [4.69, 9.17) is 0 Å². The molecular weight excluding hydrogens is 360 g/mol. The number of nitrogens with one attached hydrogen (secondary N) is 1. The van der Waals surface area contributed by atoms with E-state index in [0.29, 0.717) is 10.7 Å². The molecule has 138 valence electrons. The zero-order chi connectivity index (χ0) is 18.5. The fourth-order valence-corrected chi connectivity index (χ4v) is 3.70. The second-order valence-electron chi connectivity index (χ2n) is 5.78. The van der Waals surface area contributed by atoms with Gasteiger partial charge in [-0.2, -0.15) is 8.78 Å². The summed E-state index contributed by atoms with van der Waals surface area (Å²) in [6.45, 7) is 2.15. The van der Waals surface area contributed by atoms with Gasteiger partial charge in [0.1, 0.15) is 5.75 Å². The van der Waals surface area contributed by atoms with Crippen molar-refractivity contribution in [2.75, 3.05) is 18.4 Å². The van der Waals surface area contributed by atoms with Gasteiger partial charge in [0.05, 0.1) is 5.69 Å². The topological polar surface area (TPSA) is 54.5 Å². The van der Waals surface area contributed by atoms with Gasteiger partial charge in [0, 0.05) is 30.5 Å². The van der Waals surface area contributed by atoms with E-state index in [1.54, 1.807) is 18.2 Å². The number of benzene rings is 1.